The quantitative estimate of drug-likeness (QED) is 0.290. The van der Waals surface area contributed by atoms with E-state index in [1.54, 1.807) is 25.3 Å². The van der Waals surface area contributed by atoms with Gasteiger partial charge in [-0.25, -0.2) is 4.99 Å². The van der Waals surface area contributed by atoms with E-state index in [1.165, 1.54) is 11.8 Å². The number of halogens is 1. The maximum absolute atomic E-state index is 12.6. The molecule has 0 radical (unpaired) electrons. The zero-order chi connectivity index (χ0) is 24.2. The van der Waals surface area contributed by atoms with E-state index < -0.39 is 0 Å². The smallest absolute Gasteiger partial charge is 0.264 e. The van der Waals surface area contributed by atoms with Crippen molar-refractivity contribution in [3.8, 4) is 11.5 Å². The highest BCUT2D eigenvalue weighted by atomic mass is 35.5. The Morgan fingerprint density at radius 2 is 1.77 bits per heavy atom. The summed E-state index contributed by atoms with van der Waals surface area (Å²) in [6.07, 6.45) is 1.76. The second-order valence-electron chi connectivity index (χ2n) is 7.79. The van der Waals surface area contributed by atoms with Gasteiger partial charge < -0.3 is 14.8 Å². The Balaban J connectivity index is 1.38. The van der Waals surface area contributed by atoms with Gasteiger partial charge >= 0.3 is 0 Å². The number of amidine groups is 1. The third-order valence-corrected chi connectivity index (χ3v) is 6.61. The van der Waals surface area contributed by atoms with Gasteiger partial charge in [-0.05, 0) is 52.6 Å². The van der Waals surface area contributed by atoms with E-state index in [2.05, 4.69) is 10.3 Å². The van der Waals surface area contributed by atoms with Crippen LogP contribution in [-0.2, 0) is 11.4 Å². The van der Waals surface area contributed by atoms with Gasteiger partial charge in [-0.2, -0.15) is 0 Å². The summed E-state index contributed by atoms with van der Waals surface area (Å²) in [5.74, 6) is 0.740. The summed E-state index contributed by atoms with van der Waals surface area (Å²) in [4.78, 5) is 17.8. The minimum absolute atomic E-state index is 0.214. The summed E-state index contributed by atoms with van der Waals surface area (Å²) in [5, 5.41) is 5.90. The molecule has 0 aliphatic carbocycles. The minimum Gasteiger partial charge on any atom is -0.493 e. The van der Waals surface area contributed by atoms with Crippen LogP contribution in [0.1, 0.15) is 11.1 Å². The van der Waals surface area contributed by atoms with Gasteiger partial charge in [-0.1, -0.05) is 78.3 Å². The molecule has 0 bridgehead atoms. The van der Waals surface area contributed by atoms with Crippen LogP contribution in [0.25, 0.3) is 16.8 Å². The van der Waals surface area contributed by atoms with Gasteiger partial charge in [0, 0.05) is 5.39 Å². The molecule has 35 heavy (non-hydrogen) atoms. The Morgan fingerprint density at radius 3 is 2.60 bits per heavy atom. The second kappa shape index (κ2) is 10.3. The third kappa shape index (κ3) is 5.19. The Hall–Kier alpha value is -3.74. The van der Waals surface area contributed by atoms with Crippen LogP contribution in [-0.4, -0.2) is 18.2 Å². The Kier molecular flexibility index (Phi) is 6.75. The molecule has 4 aromatic rings. The number of rotatable bonds is 6. The summed E-state index contributed by atoms with van der Waals surface area (Å²) in [6, 6.07) is 27.3. The van der Waals surface area contributed by atoms with Crippen LogP contribution >= 0.6 is 23.4 Å². The van der Waals surface area contributed by atoms with Crippen molar-refractivity contribution in [1.82, 2.24) is 5.32 Å². The SMILES string of the molecule is COc1cc(/C=C2/SC(=Nc3cccc4ccccc34)NC2=O)cc(Cl)c1OCc1ccccc1. The summed E-state index contributed by atoms with van der Waals surface area (Å²) >= 11 is 7.81. The van der Waals surface area contributed by atoms with Crippen molar-refractivity contribution >= 4 is 57.0 Å². The molecule has 1 N–H and O–H groups in total. The van der Waals surface area contributed by atoms with Crippen molar-refractivity contribution in [3.63, 3.8) is 0 Å². The number of nitrogens with one attached hydrogen (secondary N) is 1. The average Bonchev–Trinajstić information content (AvgIpc) is 3.22. The molecule has 1 fully saturated rings. The zero-order valence-corrected chi connectivity index (χ0v) is 20.4. The molecule has 1 aliphatic heterocycles. The van der Waals surface area contributed by atoms with E-state index in [1.807, 2.05) is 72.8 Å². The van der Waals surface area contributed by atoms with Crippen LogP contribution in [0.2, 0.25) is 5.02 Å². The largest absolute Gasteiger partial charge is 0.493 e. The number of aliphatic imine (C=N–C) groups is 1. The third-order valence-electron chi connectivity index (χ3n) is 5.42. The fourth-order valence-electron chi connectivity index (χ4n) is 3.74. The van der Waals surface area contributed by atoms with Crippen LogP contribution in [0.5, 0.6) is 11.5 Å². The first kappa shape index (κ1) is 23.0. The molecule has 7 heteroatoms. The topological polar surface area (TPSA) is 59.9 Å². The predicted octanol–water partition coefficient (Wildman–Crippen LogP) is 6.97. The molecule has 5 rings (SSSR count). The molecule has 0 spiro atoms. The average molecular weight is 501 g/mol. The number of thioether (sulfide) groups is 1. The number of carbonyl (C=O) groups is 1. The summed E-state index contributed by atoms with van der Waals surface area (Å²) in [5.41, 5.74) is 2.55. The zero-order valence-electron chi connectivity index (χ0n) is 18.8. The first-order chi connectivity index (χ1) is 17.1. The summed E-state index contributed by atoms with van der Waals surface area (Å²) in [6.45, 7) is 0.365. The highest BCUT2D eigenvalue weighted by molar-refractivity contribution is 8.18. The molecule has 0 atom stereocenters. The lowest BCUT2D eigenvalue weighted by Gasteiger charge is -2.13. The first-order valence-electron chi connectivity index (χ1n) is 10.9. The number of fused-ring (bicyclic) bond motifs is 1. The number of hydrogen-bond donors (Lipinski definition) is 1. The summed E-state index contributed by atoms with van der Waals surface area (Å²) < 4.78 is 11.4. The molecule has 1 heterocycles. The minimum atomic E-state index is -0.214. The van der Waals surface area contributed by atoms with Gasteiger partial charge in [0.15, 0.2) is 16.7 Å². The van der Waals surface area contributed by atoms with E-state index in [9.17, 15) is 4.79 Å². The fraction of sp³-hybridized carbons (Fsp3) is 0.0714. The van der Waals surface area contributed by atoms with Crippen molar-refractivity contribution in [2.24, 2.45) is 4.99 Å². The van der Waals surface area contributed by atoms with Crippen molar-refractivity contribution in [1.29, 1.82) is 0 Å². The number of hydrogen-bond acceptors (Lipinski definition) is 5. The molecule has 5 nitrogen and oxygen atoms in total. The first-order valence-corrected chi connectivity index (χ1v) is 12.1. The molecule has 1 aliphatic rings. The standard InChI is InChI=1S/C28H21ClN2O3S/c1-33-24-15-19(14-22(29)26(24)34-17-18-8-3-2-4-9-18)16-25-27(32)31-28(35-25)30-23-13-7-11-20-10-5-6-12-21(20)23/h2-16H,17H2,1H3,(H,30,31,32)/b25-16+. The van der Waals surface area contributed by atoms with Crippen LogP contribution in [0.4, 0.5) is 5.69 Å². The summed E-state index contributed by atoms with van der Waals surface area (Å²) in [7, 11) is 1.56. The molecule has 1 saturated heterocycles. The van der Waals surface area contributed by atoms with Gasteiger partial charge in [0.1, 0.15) is 6.61 Å². The van der Waals surface area contributed by atoms with Crippen molar-refractivity contribution in [3.05, 3.63) is 106 Å². The Bertz CT molecular complexity index is 1460. The predicted molar refractivity (Wildman–Crippen MR) is 144 cm³/mol. The lowest BCUT2D eigenvalue weighted by molar-refractivity contribution is -0.115. The highest BCUT2D eigenvalue weighted by Crippen LogP contribution is 2.39. The van der Waals surface area contributed by atoms with Crippen LogP contribution in [0.3, 0.4) is 0 Å². The van der Waals surface area contributed by atoms with Crippen LogP contribution in [0, 0.1) is 0 Å². The maximum atomic E-state index is 12.6. The maximum Gasteiger partial charge on any atom is 0.264 e. The normalized spacial score (nSPS) is 15.5. The van der Waals surface area contributed by atoms with Gasteiger partial charge in [0.25, 0.3) is 5.91 Å². The number of benzene rings is 4. The van der Waals surface area contributed by atoms with Crippen LogP contribution in [0.15, 0.2) is 94.8 Å². The molecular formula is C28H21ClN2O3S. The lowest BCUT2D eigenvalue weighted by atomic mass is 10.1. The monoisotopic (exact) mass is 500 g/mol. The van der Waals surface area contributed by atoms with E-state index in [4.69, 9.17) is 21.1 Å². The molecule has 0 aromatic heterocycles. The molecular weight excluding hydrogens is 480 g/mol. The Morgan fingerprint density at radius 1 is 1.00 bits per heavy atom. The fourth-order valence-corrected chi connectivity index (χ4v) is 4.85. The molecule has 0 saturated carbocycles. The van der Waals surface area contributed by atoms with Gasteiger partial charge in [-0.3, -0.25) is 4.79 Å². The Labute approximate surface area is 212 Å². The van der Waals surface area contributed by atoms with Crippen molar-refractivity contribution in [2.45, 2.75) is 6.61 Å². The van der Waals surface area contributed by atoms with Gasteiger partial charge in [-0.15, -0.1) is 0 Å². The van der Waals surface area contributed by atoms with Crippen molar-refractivity contribution < 1.29 is 14.3 Å². The van der Waals surface area contributed by atoms with E-state index in [0.717, 1.165) is 27.6 Å². The van der Waals surface area contributed by atoms with Crippen LogP contribution < -0.4 is 14.8 Å². The van der Waals surface area contributed by atoms with E-state index >= 15 is 0 Å². The lowest BCUT2D eigenvalue weighted by Crippen LogP contribution is -2.19. The molecule has 1 amide bonds. The number of carbonyl (C=O) groups excluding carboxylic acids is 1. The molecule has 174 valence electrons. The van der Waals surface area contributed by atoms with E-state index in [0.29, 0.717) is 33.2 Å². The molecule has 4 aromatic carbocycles. The van der Waals surface area contributed by atoms with Gasteiger partial charge in [0.05, 0.1) is 22.7 Å². The van der Waals surface area contributed by atoms with Crippen molar-refractivity contribution in [2.75, 3.05) is 7.11 Å². The number of methoxy groups -OCH3 is 1. The second-order valence-corrected chi connectivity index (χ2v) is 9.23. The number of ether oxygens (including phenoxy) is 2. The van der Waals surface area contributed by atoms with E-state index in [-0.39, 0.29) is 5.91 Å². The number of amides is 1. The molecule has 0 unspecified atom stereocenters. The van der Waals surface area contributed by atoms with Gasteiger partial charge in [0.2, 0.25) is 0 Å². The number of nitrogens with zero attached hydrogens (tertiary/aromatic N) is 1. The highest BCUT2D eigenvalue weighted by Gasteiger charge is 2.24.